The van der Waals surface area contributed by atoms with E-state index in [-0.39, 0.29) is 18.2 Å². The van der Waals surface area contributed by atoms with Gasteiger partial charge in [-0.15, -0.1) is 0 Å². The third-order valence-electron chi connectivity index (χ3n) is 4.62. The molecule has 0 radical (unpaired) electrons. The lowest BCUT2D eigenvalue weighted by Gasteiger charge is -2.16. The van der Waals surface area contributed by atoms with Crippen LogP contribution in [-0.4, -0.2) is 38.3 Å². The van der Waals surface area contributed by atoms with E-state index in [1.54, 1.807) is 30.4 Å². The predicted octanol–water partition coefficient (Wildman–Crippen LogP) is 2.99. The molecule has 2 amide bonds. The smallest absolute Gasteiger partial charge is 0.245 e. The van der Waals surface area contributed by atoms with Crippen LogP contribution in [0, 0.1) is 5.92 Å². The van der Waals surface area contributed by atoms with E-state index in [0.29, 0.717) is 18.9 Å². The van der Waals surface area contributed by atoms with Crippen LogP contribution in [0.25, 0.3) is 0 Å². The van der Waals surface area contributed by atoms with Gasteiger partial charge in [0.2, 0.25) is 11.8 Å². The van der Waals surface area contributed by atoms with Crippen LogP contribution in [0.2, 0.25) is 0 Å². The number of amides is 2. The van der Waals surface area contributed by atoms with Gasteiger partial charge in [0.1, 0.15) is 11.5 Å². The second kappa shape index (κ2) is 9.73. The third-order valence-corrected chi connectivity index (χ3v) is 4.62. The van der Waals surface area contributed by atoms with E-state index in [9.17, 15) is 9.59 Å². The lowest BCUT2D eigenvalue weighted by Crippen LogP contribution is -2.30. The fraction of sp³-hybridized carbons (Fsp3) is 0.318. The average Bonchev–Trinajstić information content (AvgIpc) is 3.15. The first-order valence-electron chi connectivity index (χ1n) is 9.61. The topological polar surface area (TPSA) is 80.2 Å². The fourth-order valence-electron chi connectivity index (χ4n) is 3.03. The monoisotopic (exact) mass is 395 g/mol. The first-order valence-corrected chi connectivity index (χ1v) is 9.61. The molecule has 152 valence electrons. The summed E-state index contributed by atoms with van der Waals surface area (Å²) >= 11 is 0. The SMILES string of the molecule is CCCOc1ccc(/C=N/NC(=O)[C@H]2CC(=O)N(c3ccc(OC)cc3)C2)cc1. The summed E-state index contributed by atoms with van der Waals surface area (Å²) in [5.41, 5.74) is 4.13. The molecule has 0 spiro atoms. The summed E-state index contributed by atoms with van der Waals surface area (Å²) in [4.78, 5) is 26.3. The van der Waals surface area contributed by atoms with Gasteiger partial charge in [-0.3, -0.25) is 9.59 Å². The van der Waals surface area contributed by atoms with Crippen molar-refractivity contribution in [3.05, 3.63) is 54.1 Å². The maximum absolute atomic E-state index is 12.4. The van der Waals surface area contributed by atoms with Crippen molar-refractivity contribution in [1.29, 1.82) is 0 Å². The van der Waals surface area contributed by atoms with Crippen LogP contribution < -0.4 is 19.8 Å². The number of carbonyl (C=O) groups excluding carboxylic acids is 2. The molecular formula is C22H25N3O4. The summed E-state index contributed by atoms with van der Waals surface area (Å²) in [5.74, 6) is 0.729. The normalized spacial score (nSPS) is 16.3. The number of hydrazone groups is 1. The molecule has 1 aliphatic heterocycles. The van der Waals surface area contributed by atoms with E-state index in [4.69, 9.17) is 9.47 Å². The summed E-state index contributed by atoms with van der Waals surface area (Å²) < 4.78 is 10.7. The zero-order valence-electron chi connectivity index (χ0n) is 16.6. The van der Waals surface area contributed by atoms with Crippen LogP contribution in [0.5, 0.6) is 11.5 Å². The Labute approximate surface area is 170 Å². The molecule has 1 fully saturated rings. The molecule has 0 aliphatic carbocycles. The lowest BCUT2D eigenvalue weighted by atomic mass is 10.1. The molecule has 7 heteroatoms. The Hall–Kier alpha value is -3.35. The minimum atomic E-state index is -0.438. The Kier molecular flexibility index (Phi) is 6.84. The number of carbonyl (C=O) groups is 2. The number of hydrogen-bond donors (Lipinski definition) is 1. The van der Waals surface area contributed by atoms with Crippen molar-refractivity contribution in [2.75, 3.05) is 25.2 Å². The average molecular weight is 395 g/mol. The molecule has 1 saturated heterocycles. The molecule has 0 saturated carbocycles. The van der Waals surface area contributed by atoms with Gasteiger partial charge in [-0.2, -0.15) is 5.10 Å². The van der Waals surface area contributed by atoms with Gasteiger partial charge in [-0.05, 0) is 60.5 Å². The number of nitrogens with zero attached hydrogens (tertiary/aromatic N) is 2. The number of anilines is 1. The van der Waals surface area contributed by atoms with Crippen molar-refractivity contribution in [3.8, 4) is 11.5 Å². The van der Waals surface area contributed by atoms with Gasteiger partial charge in [0.15, 0.2) is 0 Å². The lowest BCUT2D eigenvalue weighted by molar-refractivity contribution is -0.126. The standard InChI is InChI=1S/C22H25N3O4/c1-3-12-29-20-8-4-16(5-9-20)14-23-24-22(27)17-13-21(26)25(15-17)18-6-10-19(28-2)11-7-18/h4-11,14,17H,3,12-13,15H2,1-2H3,(H,24,27)/b23-14+/t17-/m0/s1. The highest BCUT2D eigenvalue weighted by Crippen LogP contribution is 2.26. The Bertz CT molecular complexity index is 863. The van der Waals surface area contributed by atoms with E-state index in [2.05, 4.69) is 17.5 Å². The van der Waals surface area contributed by atoms with Gasteiger partial charge in [-0.1, -0.05) is 6.92 Å². The summed E-state index contributed by atoms with van der Waals surface area (Å²) in [6.45, 7) is 3.06. The largest absolute Gasteiger partial charge is 0.497 e. The molecule has 29 heavy (non-hydrogen) atoms. The summed E-state index contributed by atoms with van der Waals surface area (Å²) in [7, 11) is 1.59. The minimum Gasteiger partial charge on any atom is -0.497 e. The Morgan fingerprint density at radius 1 is 1.17 bits per heavy atom. The highest BCUT2D eigenvalue weighted by molar-refractivity contribution is 6.00. The van der Waals surface area contributed by atoms with Crippen molar-refractivity contribution < 1.29 is 19.1 Å². The molecule has 2 aromatic carbocycles. The van der Waals surface area contributed by atoms with Crippen molar-refractivity contribution in [2.24, 2.45) is 11.0 Å². The first kappa shape index (κ1) is 20.4. The molecule has 1 atom stereocenters. The number of hydrogen-bond acceptors (Lipinski definition) is 5. The molecule has 7 nitrogen and oxygen atoms in total. The number of ether oxygens (including phenoxy) is 2. The van der Waals surface area contributed by atoms with Gasteiger partial charge < -0.3 is 14.4 Å². The molecule has 0 aromatic heterocycles. The zero-order valence-corrected chi connectivity index (χ0v) is 16.6. The minimum absolute atomic E-state index is 0.0815. The van der Waals surface area contributed by atoms with Gasteiger partial charge in [-0.25, -0.2) is 5.43 Å². The van der Waals surface area contributed by atoms with E-state index in [1.165, 1.54) is 0 Å². The number of rotatable bonds is 8. The molecule has 1 N–H and O–H groups in total. The Morgan fingerprint density at radius 3 is 2.52 bits per heavy atom. The van der Waals surface area contributed by atoms with Gasteiger partial charge >= 0.3 is 0 Å². The maximum atomic E-state index is 12.4. The quantitative estimate of drug-likeness (QED) is 0.550. The molecule has 1 aliphatic rings. The van der Waals surface area contributed by atoms with Gasteiger partial charge in [0, 0.05) is 18.7 Å². The predicted molar refractivity (Wildman–Crippen MR) is 111 cm³/mol. The van der Waals surface area contributed by atoms with E-state index in [1.807, 2.05) is 36.4 Å². The number of methoxy groups -OCH3 is 1. The second-order valence-electron chi connectivity index (χ2n) is 6.76. The second-order valence-corrected chi connectivity index (χ2v) is 6.76. The van der Waals surface area contributed by atoms with Crippen LogP contribution in [0.4, 0.5) is 5.69 Å². The van der Waals surface area contributed by atoms with Crippen LogP contribution in [0.15, 0.2) is 53.6 Å². The fourth-order valence-corrected chi connectivity index (χ4v) is 3.03. The molecule has 0 unspecified atom stereocenters. The van der Waals surface area contributed by atoms with Crippen molar-refractivity contribution in [2.45, 2.75) is 19.8 Å². The van der Waals surface area contributed by atoms with Gasteiger partial charge in [0.25, 0.3) is 0 Å². The van der Waals surface area contributed by atoms with Crippen LogP contribution in [0.3, 0.4) is 0 Å². The third kappa shape index (κ3) is 5.34. The summed E-state index contributed by atoms with van der Waals surface area (Å²) in [5, 5.41) is 4.01. The summed E-state index contributed by atoms with van der Waals surface area (Å²) in [6, 6.07) is 14.7. The van der Waals surface area contributed by atoms with Crippen molar-refractivity contribution in [3.63, 3.8) is 0 Å². The molecule has 2 aromatic rings. The highest BCUT2D eigenvalue weighted by Gasteiger charge is 2.35. The van der Waals surface area contributed by atoms with Crippen molar-refractivity contribution >= 4 is 23.7 Å². The molecule has 0 bridgehead atoms. The Morgan fingerprint density at radius 2 is 1.86 bits per heavy atom. The van der Waals surface area contributed by atoms with Gasteiger partial charge in [0.05, 0.1) is 25.8 Å². The molecular weight excluding hydrogens is 370 g/mol. The number of benzene rings is 2. The first-order chi connectivity index (χ1) is 14.1. The van der Waals surface area contributed by atoms with Crippen molar-refractivity contribution in [1.82, 2.24) is 5.43 Å². The Balaban J connectivity index is 1.53. The highest BCUT2D eigenvalue weighted by atomic mass is 16.5. The van der Waals surface area contributed by atoms with Crippen LogP contribution in [0.1, 0.15) is 25.3 Å². The zero-order chi connectivity index (χ0) is 20.6. The summed E-state index contributed by atoms with van der Waals surface area (Å²) in [6.07, 6.45) is 2.69. The van der Waals surface area contributed by atoms with E-state index in [0.717, 1.165) is 23.4 Å². The maximum Gasteiger partial charge on any atom is 0.245 e. The molecule has 1 heterocycles. The van der Waals surface area contributed by atoms with E-state index >= 15 is 0 Å². The van der Waals surface area contributed by atoms with E-state index < -0.39 is 5.92 Å². The molecule has 3 rings (SSSR count). The number of nitrogens with one attached hydrogen (secondary N) is 1. The van der Waals surface area contributed by atoms with Crippen LogP contribution >= 0.6 is 0 Å². The van der Waals surface area contributed by atoms with Crippen LogP contribution in [-0.2, 0) is 9.59 Å².